The van der Waals surface area contributed by atoms with Crippen LogP contribution < -0.4 is 14.8 Å². The third kappa shape index (κ3) is 5.18. The monoisotopic (exact) mass is 267 g/mol. The summed E-state index contributed by atoms with van der Waals surface area (Å²) in [7, 11) is 1.55. The minimum Gasteiger partial charge on any atom is -0.493 e. The summed E-state index contributed by atoms with van der Waals surface area (Å²) in [5, 5.41) is 11.7. The smallest absolute Gasteiger partial charge is 0.258 e. The fraction of sp³-hybridized carbons (Fsp3) is 0.500. The maximum Gasteiger partial charge on any atom is 0.258 e. The van der Waals surface area contributed by atoms with Gasteiger partial charge >= 0.3 is 0 Å². The van der Waals surface area contributed by atoms with E-state index in [0.717, 1.165) is 0 Å². The standard InChI is InChI=1S/C14H21NO4/c1-14(2,8-9-16)15-13(17)10-19-12-7-5-4-6-11(12)18-3/h4-7,16H,8-10H2,1-3H3,(H,15,17). The Kier molecular flexibility index (Phi) is 5.63. The van der Waals surface area contributed by atoms with Gasteiger partial charge in [0.2, 0.25) is 0 Å². The van der Waals surface area contributed by atoms with Crippen molar-refractivity contribution in [1.29, 1.82) is 0 Å². The molecule has 0 fully saturated rings. The molecule has 0 atom stereocenters. The molecule has 0 radical (unpaired) electrons. The van der Waals surface area contributed by atoms with Gasteiger partial charge in [-0.2, -0.15) is 0 Å². The maximum atomic E-state index is 11.7. The van der Waals surface area contributed by atoms with Crippen LogP contribution in [-0.4, -0.2) is 36.9 Å². The minimum atomic E-state index is -0.448. The molecule has 0 aliphatic carbocycles. The van der Waals surface area contributed by atoms with Gasteiger partial charge in [-0.25, -0.2) is 0 Å². The molecule has 0 saturated heterocycles. The van der Waals surface area contributed by atoms with Gasteiger partial charge < -0.3 is 19.9 Å². The molecule has 106 valence electrons. The average Bonchev–Trinajstić information content (AvgIpc) is 2.36. The Morgan fingerprint density at radius 1 is 1.32 bits per heavy atom. The van der Waals surface area contributed by atoms with Crippen molar-refractivity contribution >= 4 is 5.91 Å². The van der Waals surface area contributed by atoms with E-state index >= 15 is 0 Å². The highest BCUT2D eigenvalue weighted by Gasteiger charge is 2.20. The lowest BCUT2D eigenvalue weighted by atomic mass is 10.0. The van der Waals surface area contributed by atoms with E-state index in [1.165, 1.54) is 0 Å². The second kappa shape index (κ2) is 6.99. The molecule has 0 saturated carbocycles. The minimum absolute atomic E-state index is 0.0284. The van der Waals surface area contributed by atoms with Gasteiger partial charge in [0.15, 0.2) is 18.1 Å². The number of carbonyl (C=O) groups is 1. The van der Waals surface area contributed by atoms with Crippen LogP contribution >= 0.6 is 0 Å². The van der Waals surface area contributed by atoms with Crippen LogP contribution in [0.1, 0.15) is 20.3 Å². The average molecular weight is 267 g/mol. The third-order valence-corrected chi connectivity index (χ3v) is 2.64. The molecule has 0 aromatic heterocycles. The normalized spacial score (nSPS) is 10.9. The molecule has 0 bridgehead atoms. The molecule has 2 N–H and O–H groups in total. The zero-order valence-corrected chi connectivity index (χ0v) is 11.6. The molecule has 1 aromatic rings. The van der Waals surface area contributed by atoms with Crippen molar-refractivity contribution in [3.8, 4) is 11.5 Å². The predicted octanol–water partition coefficient (Wildman–Crippen LogP) is 1.35. The van der Waals surface area contributed by atoms with Crippen LogP contribution in [0.15, 0.2) is 24.3 Å². The number of methoxy groups -OCH3 is 1. The molecule has 0 unspecified atom stereocenters. The number of aliphatic hydroxyl groups is 1. The topological polar surface area (TPSA) is 67.8 Å². The van der Waals surface area contributed by atoms with Crippen molar-refractivity contribution < 1.29 is 19.4 Å². The summed E-state index contributed by atoms with van der Waals surface area (Å²) in [6, 6.07) is 7.15. The second-order valence-corrected chi connectivity index (χ2v) is 4.85. The third-order valence-electron chi connectivity index (χ3n) is 2.64. The van der Waals surface area contributed by atoms with E-state index in [0.29, 0.717) is 17.9 Å². The molecule has 0 aliphatic heterocycles. The van der Waals surface area contributed by atoms with Gasteiger partial charge in [0.05, 0.1) is 7.11 Å². The Hall–Kier alpha value is -1.75. The zero-order valence-electron chi connectivity index (χ0n) is 11.6. The second-order valence-electron chi connectivity index (χ2n) is 4.85. The quantitative estimate of drug-likeness (QED) is 0.782. The molecule has 5 heteroatoms. The molecule has 5 nitrogen and oxygen atoms in total. The Morgan fingerprint density at radius 3 is 2.53 bits per heavy atom. The SMILES string of the molecule is COc1ccccc1OCC(=O)NC(C)(C)CCO. The van der Waals surface area contributed by atoms with E-state index in [2.05, 4.69) is 5.32 Å². The van der Waals surface area contributed by atoms with Crippen LogP contribution in [0.4, 0.5) is 0 Å². The number of carbonyl (C=O) groups excluding carboxylic acids is 1. The van der Waals surface area contributed by atoms with Crippen LogP contribution in [-0.2, 0) is 4.79 Å². The number of amides is 1. The lowest BCUT2D eigenvalue weighted by Gasteiger charge is -2.25. The van der Waals surface area contributed by atoms with Gasteiger partial charge in [0.1, 0.15) is 0 Å². The number of hydrogen-bond donors (Lipinski definition) is 2. The molecule has 0 aliphatic rings. The molecule has 0 heterocycles. The first-order chi connectivity index (χ1) is 8.98. The maximum absolute atomic E-state index is 11.7. The van der Waals surface area contributed by atoms with Crippen molar-refractivity contribution in [2.45, 2.75) is 25.8 Å². The first kappa shape index (κ1) is 15.3. The molecule has 1 amide bonds. The first-order valence-corrected chi connectivity index (χ1v) is 6.16. The summed E-state index contributed by atoms with van der Waals surface area (Å²) >= 11 is 0. The number of rotatable bonds is 7. The summed E-state index contributed by atoms with van der Waals surface area (Å²) in [4.78, 5) is 11.7. The van der Waals surface area contributed by atoms with Crippen molar-refractivity contribution in [1.82, 2.24) is 5.32 Å². The summed E-state index contributed by atoms with van der Waals surface area (Å²) < 4.78 is 10.5. The predicted molar refractivity (Wildman–Crippen MR) is 72.4 cm³/mol. The number of ether oxygens (including phenoxy) is 2. The van der Waals surface area contributed by atoms with E-state index in [4.69, 9.17) is 14.6 Å². The zero-order chi connectivity index (χ0) is 14.3. The Labute approximate surface area is 113 Å². The first-order valence-electron chi connectivity index (χ1n) is 6.16. The largest absolute Gasteiger partial charge is 0.493 e. The highest BCUT2D eigenvalue weighted by molar-refractivity contribution is 5.78. The summed E-state index contributed by atoms with van der Waals surface area (Å²) in [5.74, 6) is 0.884. The fourth-order valence-corrected chi connectivity index (χ4v) is 1.64. The molecule has 1 rings (SSSR count). The van der Waals surface area contributed by atoms with Crippen LogP contribution in [0.3, 0.4) is 0 Å². The molecule has 19 heavy (non-hydrogen) atoms. The van der Waals surface area contributed by atoms with Crippen LogP contribution in [0.2, 0.25) is 0 Å². The van der Waals surface area contributed by atoms with E-state index in [1.807, 2.05) is 26.0 Å². The fourth-order valence-electron chi connectivity index (χ4n) is 1.64. The Balaban J connectivity index is 2.50. The van der Waals surface area contributed by atoms with Crippen molar-refractivity contribution in [3.63, 3.8) is 0 Å². The summed E-state index contributed by atoms with van der Waals surface area (Å²) in [6.45, 7) is 3.64. The van der Waals surface area contributed by atoms with Crippen molar-refractivity contribution in [3.05, 3.63) is 24.3 Å². The molecule has 0 spiro atoms. The highest BCUT2D eigenvalue weighted by atomic mass is 16.5. The molecular weight excluding hydrogens is 246 g/mol. The van der Waals surface area contributed by atoms with Gasteiger partial charge in [-0.1, -0.05) is 12.1 Å². The Morgan fingerprint density at radius 2 is 1.95 bits per heavy atom. The number of hydrogen-bond acceptors (Lipinski definition) is 4. The van der Waals surface area contributed by atoms with E-state index < -0.39 is 5.54 Å². The number of aliphatic hydroxyl groups excluding tert-OH is 1. The van der Waals surface area contributed by atoms with E-state index in [9.17, 15) is 4.79 Å². The van der Waals surface area contributed by atoms with Gasteiger partial charge in [0.25, 0.3) is 5.91 Å². The number of nitrogens with one attached hydrogen (secondary N) is 1. The van der Waals surface area contributed by atoms with Crippen molar-refractivity contribution in [2.24, 2.45) is 0 Å². The highest BCUT2D eigenvalue weighted by Crippen LogP contribution is 2.25. The van der Waals surface area contributed by atoms with Gasteiger partial charge in [-0.15, -0.1) is 0 Å². The van der Waals surface area contributed by atoms with E-state index in [1.54, 1.807) is 19.2 Å². The van der Waals surface area contributed by atoms with Gasteiger partial charge in [-0.05, 0) is 32.4 Å². The summed E-state index contributed by atoms with van der Waals surface area (Å²) in [6.07, 6.45) is 0.493. The molecule has 1 aromatic carbocycles. The lowest BCUT2D eigenvalue weighted by molar-refractivity contribution is -0.124. The lowest BCUT2D eigenvalue weighted by Crippen LogP contribution is -2.46. The van der Waals surface area contributed by atoms with E-state index in [-0.39, 0.29) is 19.1 Å². The Bertz CT molecular complexity index is 418. The van der Waals surface area contributed by atoms with Crippen molar-refractivity contribution in [2.75, 3.05) is 20.3 Å². The number of para-hydroxylation sites is 2. The molecular formula is C14H21NO4. The van der Waals surface area contributed by atoms with Crippen LogP contribution in [0.5, 0.6) is 11.5 Å². The van der Waals surface area contributed by atoms with Crippen LogP contribution in [0, 0.1) is 0 Å². The van der Waals surface area contributed by atoms with Gasteiger partial charge in [-0.3, -0.25) is 4.79 Å². The van der Waals surface area contributed by atoms with Gasteiger partial charge in [0, 0.05) is 12.1 Å². The van der Waals surface area contributed by atoms with Crippen LogP contribution in [0.25, 0.3) is 0 Å². The summed E-state index contributed by atoms with van der Waals surface area (Å²) in [5.41, 5.74) is -0.448. The number of benzene rings is 1.